The van der Waals surface area contributed by atoms with Gasteiger partial charge in [-0.05, 0) is 87.3 Å². The minimum Gasteiger partial charge on any atom is -0.309 e. The first-order valence-electron chi connectivity index (χ1n) is 21.0. The summed E-state index contributed by atoms with van der Waals surface area (Å²) in [5.41, 5.74) is 16.8. The maximum atomic E-state index is 5.16. The van der Waals surface area contributed by atoms with E-state index in [0.29, 0.717) is 17.5 Å². The fraction of sp³-hybridized carbons (Fsp3) is 0.0172. The minimum absolute atomic E-state index is 0.622. The van der Waals surface area contributed by atoms with Crippen molar-refractivity contribution in [3.63, 3.8) is 0 Å². The number of nitrogens with zero attached hydrogens (tertiary/aromatic N) is 4. The summed E-state index contributed by atoms with van der Waals surface area (Å²) in [5.74, 6) is 1.87. The molecule has 0 N–H and O–H groups in total. The van der Waals surface area contributed by atoms with Crippen molar-refractivity contribution in [3.8, 4) is 84.4 Å². The van der Waals surface area contributed by atoms with E-state index < -0.39 is 0 Å². The molecular weight excluding hydrogens is 753 g/mol. The van der Waals surface area contributed by atoms with Crippen molar-refractivity contribution in [2.24, 2.45) is 0 Å². The Balaban J connectivity index is 0.981. The minimum atomic E-state index is 0.622. The first-order chi connectivity index (χ1) is 30.6. The molecule has 0 radical (unpaired) electrons. The van der Waals surface area contributed by atoms with E-state index >= 15 is 0 Å². The van der Waals surface area contributed by atoms with Gasteiger partial charge in [-0.2, -0.15) is 0 Å². The zero-order chi connectivity index (χ0) is 41.4. The van der Waals surface area contributed by atoms with Crippen LogP contribution in [0.15, 0.2) is 224 Å². The van der Waals surface area contributed by atoms with Crippen LogP contribution < -0.4 is 0 Å². The van der Waals surface area contributed by atoms with Gasteiger partial charge in [0.1, 0.15) is 0 Å². The molecule has 9 aromatic carbocycles. The van der Waals surface area contributed by atoms with E-state index in [1.54, 1.807) is 0 Å². The van der Waals surface area contributed by atoms with Crippen LogP contribution in [-0.2, 0) is 0 Å². The molecule has 0 spiro atoms. The number of rotatable bonds is 8. The van der Waals surface area contributed by atoms with Crippen LogP contribution in [0.3, 0.4) is 0 Å². The molecule has 2 heterocycles. The molecule has 0 unspecified atom stereocenters. The van der Waals surface area contributed by atoms with Gasteiger partial charge in [-0.1, -0.05) is 194 Å². The van der Waals surface area contributed by atoms with Crippen LogP contribution in [0.25, 0.3) is 106 Å². The molecule has 0 atom stereocenters. The van der Waals surface area contributed by atoms with E-state index in [1.165, 1.54) is 49.7 Å². The van der Waals surface area contributed by atoms with Gasteiger partial charge in [0, 0.05) is 33.2 Å². The Morgan fingerprint density at radius 3 is 1.23 bits per heavy atom. The third-order valence-corrected chi connectivity index (χ3v) is 11.8. The third-order valence-electron chi connectivity index (χ3n) is 11.8. The number of aromatic nitrogens is 4. The molecule has 11 aromatic rings. The monoisotopic (exact) mass is 792 g/mol. The van der Waals surface area contributed by atoms with Crippen LogP contribution in [0.4, 0.5) is 0 Å². The summed E-state index contributed by atoms with van der Waals surface area (Å²) < 4.78 is 2.38. The molecule has 2 aromatic heterocycles. The summed E-state index contributed by atoms with van der Waals surface area (Å²) >= 11 is 0. The summed E-state index contributed by atoms with van der Waals surface area (Å²) in [6.45, 7) is 2.18. The van der Waals surface area contributed by atoms with E-state index in [0.717, 1.165) is 44.5 Å². The summed E-state index contributed by atoms with van der Waals surface area (Å²) in [7, 11) is 0. The molecule has 0 saturated heterocycles. The van der Waals surface area contributed by atoms with Crippen LogP contribution in [0.2, 0.25) is 0 Å². The Morgan fingerprint density at radius 1 is 0.274 bits per heavy atom. The summed E-state index contributed by atoms with van der Waals surface area (Å²) in [4.78, 5) is 15.4. The summed E-state index contributed by atoms with van der Waals surface area (Å²) in [6.07, 6.45) is 0. The Morgan fingerprint density at radius 2 is 0.661 bits per heavy atom. The average Bonchev–Trinajstić information content (AvgIpc) is 3.68. The lowest BCUT2D eigenvalue weighted by Crippen LogP contribution is -2.00. The Bertz CT molecular complexity index is 3370. The topological polar surface area (TPSA) is 43.6 Å². The van der Waals surface area contributed by atoms with Crippen molar-refractivity contribution < 1.29 is 0 Å². The van der Waals surface area contributed by atoms with E-state index in [2.05, 4.69) is 224 Å². The SMILES string of the molecule is Cc1ccccc1-n1c2ccccc2c2cc(-c3cccc(-c4nc(-c5ccc(-c6ccccc6)cc5)nc(-c5ccc(-c6ccc(-c7ccccc7)cc6)cc5)n4)c3)ccc21. The van der Waals surface area contributed by atoms with Gasteiger partial charge in [-0.3, -0.25) is 0 Å². The fourth-order valence-corrected chi connectivity index (χ4v) is 8.57. The van der Waals surface area contributed by atoms with Crippen molar-refractivity contribution in [2.75, 3.05) is 0 Å². The van der Waals surface area contributed by atoms with Gasteiger partial charge in [-0.15, -0.1) is 0 Å². The second-order valence-corrected chi connectivity index (χ2v) is 15.7. The molecule has 0 amide bonds. The van der Waals surface area contributed by atoms with Gasteiger partial charge in [0.2, 0.25) is 0 Å². The number of benzene rings is 9. The largest absolute Gasteiger partial charge is 0.309 e. The highest BCUT2D eigenvalue weighted by Crippen LogP contribution is 2.37. The first kappa shape index (κ1) is 36.8. The molecular formula is C58H40N4. The maximum absolute atomic E-state index is 5.16. The molecule has 4 heteroatoms. The van der Waals surface area contributed by atoms with E-state index in [4.69, 9.17) is 15.0 Å². The first-order valence-corrected chi connectivity index (χ1v) is 21.0. The molecule has 0 fully saturated rings. The maximum Gasteiger partial charge on any atom is 0.164 e. The van der Waals surface area contributed by atoms with Crippen LogP contribution in [0.5, 0.6) is 0 Å². The Hall–Kier alpha value is -8.21. The van der Waals surface area contributed by atoms with Gasteiger partial charge in [-0.25, -0.2) is 15.0 Å². The molecule has 0 aliphatic carbocycles. The molecule has 4 nitrogen and oxygen atoms in total. The molecule has 11 rings (SSSR count). The lowest BCUT2D eigenvalue weighted by molar-refractivity contribution is 1.07. The van der Waals surface area contributed by atoms with Crippen molar-refractivity contribution in [1.82, 2.24) is 19.5 Å². The van der Waals surface area contributed by atoms with E-state index in [1.807, 2.05) is 12.1 Å². The number of hydrogen-bond acceptors (Lipinski definition) is 3. The molecule has 0 aliphatic heterocycles. The predicted octanol–water partition coefficient (Wildman–Crippen LogP) is 14.9. The molecule has 0 aliphatic rings. The second-order valence-electron chi connectivity index (χ2n) is 15.7. The number of para-hydroxylation sites is 2. The summed E-state index contributed by atoms with van der Waals surface area (Å²) in [5, 5.41) is 2.44. The van der Waals surface area contributed by atoms with E-state index in [9.17, 15) is 0 Å². The zero-order valence-electron chi connectivity index (χ0n) is 34.2. The van der Waals surface area contributed by atoms with Crippen molar-refractivity contribution in [1.29, 1.82) is 0 Å². The highest BCUT2D eigenvalue weighted by Gasteiger charge is 2.17. The average molecular weight is 793 g/mol. The smallest absolute Gasteiger partial charge is 0.164 e. The van der Waals surface area contributed by atoms with Crippen molar-refractivity contribution in [3.05, 3.63) is 230 Å². The summed E-state index contributed by atoms with van der Waals surface area (Å²) in [6, 6.07) is 79.3. The lowest BCUT2D eigenvalue weighted by Gasteiger charge is -2.12. The fourth-order valence-electron chi connectivity index (χ4n) is 8.57. The highest BCUT2D eigenvalue weighted by molar-refractivity contribution is 6.10. The highest BCUT2D eigenvalue weighted by atomic mass is 15.0. The molecule has 0 saturated carbocycles. The van der Waals surface area contributed by atoms with Crippen LogP contribution in [0.1, 0.15) is 5.56 Å². The normalized spacial score (nSPS) is 11.3. The molecule has 292 valence electrons. The lowest BCUT2D eigenvalue weighted by atomic mass is 9.99. The van der Waals surface area contributed by atoms with Gasteiger partial charge in [0.25, 0.3) is 0 Å². The van der Waals surface area contributed by atoms with E-state index in [-0.39, 0.29) is 0 Å². The van der Waals surface area contributed by atoms with Crippen LogP contribution in [0, 0.1) is 6.92 Å². The predicted molar refractivity (Wildman–Crippen MR) is 257 cm³/mol. The Labute approximate surface area is 361 Å². The van der Waals surface area contributed by atoms with Gasteiger partial charge in [0.15, 0.2) is 17.5 Å². The zero-order valence-corrected chi connectivity index (χ0v) is 34.2. The molecule has 0 bridgehead atoms. The van der Waals surface area contributed by atoms with Gasteiger partial charge >= 0.3 is 0 Å². The Kier molecular flexibility index (Phi) is 9.36. The van der Waals surface area contributed by atoms with Gasteiger partial charge in [0.05, 0.1) is 11.0 Å². The van der Waals surface area contributed by atoms with Crippen molar-refractivity contribution >= 4 is 21.8 Å². The third kappa shape index (κ3) is 6.94. The van der Waals surface area contributed by atoms with Crippen LogP contribution >= 0.6 is 0 Å². The van der Waals surface area contributed by atoms with Crippen LogP contribution in [-0.4, -0.2) is 19.5 Å². The van der Waals surface area contributed by atoms with Gasteiger partial charge < -0.3 is 4.57 Å². The van der Waals surface area contributed by atoms with Crippen molar-refractivity contribution in [2.45, 2.75) is 6.92 Å². The quantitative estimate of drug-likeness (QED) is 0.154. The molecule has 62 heavy (non-hydrogen) atoms. The number of aryl methyl sites for hydroxylation is 1. The second kappa shape index (κ2) is 15.8. The number of hydrogen-bond donors (Lipinski definition) is 0. The standard InChI is InChI=1S/C58H40N4/c1-39-13-8-10-21-53(39)62-54-22-11-9-20-51(54)52-38-49(35-36-55(52)62)48-18-12-19-50(37-48)58-60-56(46-31-27-43(28-32-46)41-16-6-3-7-17-41)59-57(61-58)47-33-29-45(30-34-47)44-25-23-42(24-26-44)40-14-4-2-5-15-40/h2-38H,1H3. The number of fused-ring (bicyclic) bond motifs is 3.